The minimum absolute atomic E-state index is 0.195. The second-order valence-corrected chi connectivity index (χ2v) is 5.80. The van der Waals surface area contributed by atoms with Crippen LogP contribution < -0.4 is 10.9 Å². The zero-order chi connectivity index (χ0) is 18.0. The number of aryl methyl sites for hydroxylation is 1. The number of fused-ring (bicyclic) bond motifs is 1. The maximum Gasteiger partial charge on any atom is 0.310 e. The number of amides is 2. The maximum absolute atomic E-state index is 12.4. The van der Waals surface area contributed by atoms with E-state index in [1.54, 1.807) is 37.3 Å². The zero-order valence-corrected chi connectivity index (χ0v) is 14.0. The number of carbonyl (C=O) groups is 3. The van der Waals surface area contributed by atoms with Gasteiger partial charge in [-0.1, -0.05) is 41.9 Å². The number of carbonyl (C=O) groups excluding carboxylic acids is 3. The molecule has 0 saturated heterocycles. The fourth-order valence-corrected chi connectivity index (χ4v) is 2.79. The second kappa shape index (κ2) is 6.78. The van der Waals surface area contributed by atoms with E-state index in [1.807, 2.05) is 12.1 Å². The third-order valence-electron chi connectivity index (χ3n) is 3.73. The van der Waals surface area contributed by atoms with Crippen molar-refractivity contribution < 1.29 is 14.4 Å². The van der Waals surface area contributed by atoms with Crippen molar-refractivity contribution in [3.8, 4) is 0 Å². The van der Waals surface area contributed by atoms with Crippen molar-refractivity contribution in [2.75, 3.05) is 0 Å². The standard InChI is InChI=1S/C18H14ClN3O3/c1-10-15(12-7-3-5-9-14(12)20-10)16(23)18(25)22-21-17(24)11-6-2-4-8-13(11)19/h2-9,20H,1H3,(H,21,24)(H,22,25). The van der Waals surface area contributed by atoms with E-state index >= 15 is 0 Å². The number of nitrogens with one attached hydrogen (secondary N) is 3. The summed E-state index contributed by atoms with van der Waals surface area (Å²) in [5.74, 6) is -2.29. The van der Waals surface area contributed by atoms with E-state index in [0.29, 0.717) is 11.1 Å². The van der Waals surface area contributed by atoms with Crippen molar-refractivity contribution in [2.24, 2.45) is 0 Å². The van der Waals surface area contributed by atoms with E-state index in [1.165, 1.54) is 6.07 Å². The average molecular weight is 356 g/mol. The van der Waals surface area contributed by atoms with Crippen LogP contribution >= 0.6 is 11.6 Å². The largest absolute Gasteiger partial charge is 0.358 e. The molecule has 0 fully saturated rings. The van der Waals surface area contributed by atoms with E-state index in [9.17, 15) is 14.4 Å². The van der Waals surface area contributed by atoms with Crippen molar-refractivity contribution in [2.45, 2.75) is 6.92 Å². The molecule has 0 bridgehead atoms. The molecule has 0 atom stereocenters. The summed E-state index contributed by atoms with van der Waals surface area (Å²) in [5.41, 5.74) is 6.14. The van der Waals surface area contributed by atoms with E-state index in [0.717, 1.165) is 5.52 Å². The number of H-pyrrole nitrogens is 1. The summed E-state index contributed by atoms with van der Waals surface area (Å²) in [6.45, 7) is 1.71. The molecule has 3 N–H and O–H groups in total. The Labute approximate surface area is 148 Å². The molecule has 0 saturated carbocycles. The van der Waals surface area contributed by atoms with Gasteiger partial charge in [0.05, 0.1) is 16.1 Å². The number of para-hydroxylation sites is 1. The number of Topliss-reactive ketones (excluding diaryl/α,β-unsaturated/α-hetero) is 1. The van der Waals surface area contributed by atoms with Crippen LogP contribution in [0.4, 0.5) is 0 Å². The third kappa shape index (κ3) is 3.25. The lowest BCUT2D eigenvalue weighted by molar-refractivity contribution is -0.117. The average Bonchev–Trinajstić information content (AvgIpc) is 2.94. The minimum atomic E-state index is -0.937. The molecule has 7 heteroatoms. The van der Waals surface area contributed by atoms with Gasteiger partial charge in [0.1, 0.15) is 0 Å². The molecule has 0 aliphatic rings. The van der Waals surface area contributed by atoms with Gasteiger partial charge in [0.15, 0.2) is 0 Å². The van der Waals surface area contributed by atoms with Gasteiger partial charge in [0.25, 0.3) is 11.7 Å². The summed E-state index contributed by atoms with van der Waals surface area (Å²) in [6.07, 6.45) is 0. The molecule has 2 amide bonds. The Morgan fingerprint density at radius 3 is 2.40 bits per heavy atom. The number of aromatic nitrogens is 1. The van der Waals surface area contributed by atoms with Gasteiger partial charge in [-0.3, -0.25) is 25.2 Å². The highest BCUT2D eigenvalue weighted by Gasteiger charge is 2.23. The molecule has 2 aromatic carbocycles. The fraction of sp³-hybridized carbons (Fsp3) is 0.0556. The Morgan fingerprint density at radius 1 is 0.960 bits per heavy atom. The predicted octanol–water partition coefficient (Wildman–Crippen LogP) is 2.77. The molecule has 0 aliphatic carbocycles. The summed E-state index contributed by atoms with van der Waals surface area (Å²) in [5, 5.41) is 0.894. The van der Waals surface area contributed by atoms with Gasteiger partial charge < -0.3 is 4.98 Å². The van der Waals surface area contributed by atoms with Crippen LogP contribution in [0.1, 0.15) is 26.4 Å². The van der Waals surface area contributed by atoms with E-state index in [-0.39, 0.29) is 16.1 Å². The Kier molecular flexibility index (Phi) is 4.54. The zero-order valence-electron chi connectivity index (χ0n) is 13.2. The SMILES string of the molecule is Cc1[nH]c2ccccc2c1C(=O)C(=O)NNC(=O)c1ccccc1Cl. The van der Waals surface area contributed by atoms with Crippen LogP contribution in [0.2, 0.25) is 5.02 Å². The smallest absolute Gasteiger partial charge is 0.310 e. The molecule has 1 aromatic heterocycles. The van der Waals surface area contributed by atoms with Crippen molar-refractivity contribution >= 4 is 40.1 Å². The van der Waals surface area contributed by atoms with E-state index in [2.05, 4.69) is 15.8 Å². The van der Waals surface area contributed by atoms with Gasteiger partial charge >= 0.3 is 5.91 Å². The number of hydrogen-bond donors (Lipinski definition) is 3. The highest BCUT2D eigenvalue weighted by molar-refractivity contribution is 6.45. The molecule has 3 rings (SSSR count). The van der Waals surface area contributed by atoms with Crippen LogP contribution in [0.3, 0.4) is 0 Å². The maximum atomic E-state index is 12.4. The predicted molar refractivity (Wildman–Crippen MR) is 94.4 cm³/mol. The number of aromatic amines is 1. The molecule has 6 nitrogen and oxygen atoms in total. The summed E-state index contributed by atoms with van der Waals surface area (Å²) in [7, 11) is 0. The molecule has 3 aromatic rings. The highest BCUT2D eigenvalue weighted by atomic mass is 35.5. The van der Waals surface area contributed by atoms with Crippen molar-refractivity contribution in [1.82, 2.24) is 15.8 Å². The molecular weight excluding hydrogens is 342 g/mol. The molecule has 1 heterocycles. The lowest BCUT2D eigenvalue weighted by Crippen LogP contribution is -2.45. The Hall–Kier alpha value is -3.12. The Balaban J connectivity index is 1.75. The summed E-state index contributed by atoms with van der Waals surface area (Å²) >= 11 is 5.92. The normalized spacial score (nSPS) is 10.5. The van der Waals surface area contributed by atoms with Crippen LogP contribution in [0.5, 0.6) is 0 Å². The molecule has 0 radical (unpaired) electrons. The van der Waals surface area contributed by atoms with Crippen LogP contribution in [0.25, 0.3) is 10.9 Å². The molecule has 0 unspecified atom stereocenters. The first-order valence-corrected chi connectivity index (χ1v) is 7.83. The van der Waals surface area contributed by atoms with Crippen LogP contribution in [-0.2, 0) is 4.79 Å². The molecule has 126 valence electrons. The van der Waals surface area contributed by atoms with Gasteiger partial charge in [-0.25, -0.2) is 0 Å². The summed E-state index contributed by atoms with van der Waals surface area (Å²) < 4.78 is 0. The first-order valence-electron chi connectivity index (χ1n) is 7.46. The number of halogens is 1. The number of rotatable bonds is 3. The van der Waals surface area contributed by atoms with Gasteiger partial charge in [0, 0.05) is 16.6 Å². The van der Waals surface area contributed by atoms with Gasteiger partial charge in [-0.15, -0.1) is 0 Å². The second-order valence-electron chi connectivity index (χ2n) is 5.39. The molecule has 0 spiro atoms. The summed E-state index contributed by atoms with van der Waals surface area (Å²) in [4.78, 5) is 39.7. The molecule has 0 aliphatic heterocycles. The number of benzene rings is 2. The number of hydrazine groups is 1. The third-order valence-corrected chi connectivity index (χ3v) is 4.06. The lowest BCUT2D eigenvalue weighted by atomic mass is 10.1. The monoisotopic (exact) mass is 355 g/mol. The van der Waals surface area contributed by atoms with E-state index < -0.39 is 17.6 Å². The first kappa shape index (κ1) is 16.7. The van der Waals surface area contributed by atoms with Crippen LogP contribution in [0.15, 0.2) is 48.5 Å². The molecule has 25 heavy (non-hydrogen) atoms. The summed E-state index contributed by atoms with van der Waals surface area (Å²) in [6, 6.07) is 13.6. The van der Waals surface area contributed by atoms with Crippen molar-refractivity contribution in [3.63, 3.8) is 0 Å². The van der Waals surface area contributed by atoms with Crippen molar-refractivity contribution in [1.29, 1.82) is 0 Å². The topological polar surface area (TPSA) is 91.1 Å². The highest BCUT2D eigenvalue weighted by Crippen LogP contribution is 2.22. The van der Waals surface area contributed by atoms with Crippen molar-refractivity contribution in [3.05, 3.63) is 70.4 Å². The minimum Gasteiger partial charge on any atom is -0.358 e. The van der Waals surface area contributed by atoms with Crippen LogP contribution in [0, 0.1) is 6.92 Å². The van der Waals surface area contributed by atoms with Gasteiger partial charge in [-0.2, -0.15) is 0 Å². The van der Waals surface area contributed by atoms with Gasteiger partial charge in [-0.05, 0) is 25.1 Å². The number of ketones is 1. The number of hydrogen-bond acceptors (Lipinski definition) is 3. The Bertz CT molecular complexity index is 994. The lowest BCUT2D eigenvalue weighted by Gasteiger charge is -2.08. The van der Waals surface area contributed by atoms with Crippen LogP contribution in [-0.4, -0.2) is 22.6 Å². The Morgan fingerprint density at radius 2 is 1.64 bits per heavy atom. The quantitative estimate of drug-likeness (QED) is 0.383. The fourth-order valence-electron chi connectivity index (χ4n) is 2.57. The van der Waals surface area contributed by atoms with Gasteiger partial charge in [0.2, 0.25) is 0 Å². The first-order chi connectivity index (χ1) is 12.0. The molecular formula is C18H14ClN3O3. The van der Waals surface area contributed by atoms with E-state index in [4.69, 9.17) is 11.6 Å².